The third kappa shape index (κ3) is 4.48. The molecule has 1 saturated carbocycles. The second-order valence-corrected chi connectivity index (χ2v) is 7.80. The van der Waals surface area contributed by atoms with Crippen molar-refractivity contribution < 1.29 is 4.39 Å². The normalized spacial score (nSPS) is 15.2. The van der Waals surface area contributed by atoms with Gasteiger partial charge in [0.05, 0.1) is 12.2 Å². The van der Waals surface area contributed by atoms with Gasteiger partial charge in [-0.1, -0.05) is 18.2 Å². The maximum Gasteiger partial charge on any atom is 0.191 e. The number of rotatable bonds is 5. The number of benzene rings is 1. The summed E-state index contributed by atoms with van der Waals surface area (Å²) in [7, 11) is 1.73. The van der Waals surface area contributed by atoms with Gasteiger partial charge in [-0.15, -0.1) is 24.0 Å². The number of halogens is 3. The molecule has 8 heteroatoms. The molecule has 2 aromatic heterocycles. The number of pyridine rings is 1. The van der Waals surface area contributed by atoms with E-state index >= 15 is 0 Å². The van der Waals surface area contributed by atoms with Gasteiger partial charge in [-0.2, -0.15) is 0 Å². The Morgan fingerprint density at radius 1 is 1.21 bits per heavy atom. The molecule has 28 heavy (non-hydrogen) atoms. The predicted octanol–water partition coefficient (Wildman–Crippen LogP) is 4.25. The average Bonchev–Trinajstić information content (AvgIpc) is 3.34. The van der Waals surface area contributed by atoms with Gasteiger partial charge >= 0.3 is 0 Å². The number of imidazole rings is 1. The highest BCUT2D eigenvalue weighted by Gasteiger charge is 2.45. The Labute approximate surface area is 189 Å². The molecule has 4 rings (SSSR count). The molecule has 0 radical (unpaired) electrons. The minimum Gasteiger partial charge on any atom is -0.356 e. The molecule has 0 spiro atoms. The van der Waals surface area contributed by atoms with Crippen LogP contribution in [0.25, 0.3) is 5.65 Å². The van der Waals surface area contributed by atoms with Crippen molar-refractivity contribution in [3.8, 4) is 0 Å². The van der Waals surface area contributed by atoms with Crippen LogP contribution in [0.3, 0.4) is 0 Å². The van der Waals surface area contributed by atoms with E-state index in [0.717, 1.165) is 34.2 Å². The van der Waals surface area contributed by atoms with E-state index in [-0.39, 0.29) is 35.2 Å². The van der Waals surface area contributed by atoms with Crippen molar-refractivity contribution in [3.63, 3.8) is 0 Å². The highest BCUT2D eigenvalue weighted by atomic mass is 127. The lowest BCUT2D eigenvalue weighted by atomic mass is 9.95. The summed E-state index contributed by atoms with van der Waals surface area (Å²) in [6.45, 7) is 1.22. The van der Waals surface area contributed by atoms with Crippen molar-refractivity contribution >= 4 is 51.5 Å². The number of nitrogens with one attached hydrogen (secondary N) is 2. The number of hydrogen-bond donors (Lipinski definition) is 2. The molecular formula is C20H22BrFIN5. The van der Waals surface area contributed by atoms with Gasteiger partial charge in [0.2, 0.25) is 0 Å². The Bertz CT molecular complexity index is 999. The number of aliphatic imine (C=N–C) groups is 1. The van der Waals surface area contributed by atoms with Crippen LogP contribution in [0.5, 0.6) is 0 Å². The van der Waals surface area contributed by atoms with Gasteiger partial charge in [-0.05, 0) is 52.5 Å². The van der Waals surface area contributed by atoms with Gasteiger partial charge in [0, 0.05) is 35.9 Å². The zero-order valence-corrected chi connectivity index (χ0v) is 19.4. The van der Waals surface area contributed by atoms with Crippen LogP contribution >= 0.6 is 39.9 Å². The molecule has 2 heterocycles. The topological polar surface area (TPSA) is 53.7 Å². The monoisotopic (exact) mass is 557 g/mol. The van der Waals surface area contributed by atoms with Gasteiger partial charge in [-0.3, -0.25) is 4.99 Å². The largest absolute Gasteiger partial charge is 0.356 e. The molecule has 1 aromatic carbocycles. The Kier molecular flexibility index (Phi) is 6.59. The first-order valence-electron chi connectivity index (χ1n) is 8.92. The summed E-state index contributed by atoms with van der Waals surface area (Å²) < 4.78 is 17.1. The molecule has 1 aliphatic rings. The van der Waals surface area contributed by atoms with Crippen molar-refractivity contribution in [1.82, 2.24) is 20.0 Å². The fourth-order valence-corrected chi connectivity index (χ4v) is 3.69. The molecular weight excluding hydrogens is 536 g/mol. The zero-order valence-electron chi connectivity index (χ0n) is 15.5. The average molecular weight is 558 g/mol. The highest BCUT2D eigenvalue weighted by molar-refractivity contribution is 14.0. The van der Waals surface area contributed by atoms with Gasteiger partial charge in [0.15, 0.2) is 5.96 Å². The van der Waals surface area contributed by atoms with Crippen LogP contribution in [0.4, 0.5) is 4.39 Å². The number of aromatic nitrogens is 2. The molecule has 148 valence electrons. The summed E-state index contributed by atoms with van der Waals surface area (Å²) in [4.78, 5) is 8.86. The van der Waals surface area contributed by atoms with E-state index in [1.165, 1.54) is 6.07 Å². The molecule has 5 nitrogen and oxygen atoms in total. The fourth-order valence-electron chi connectivity index (χ4n) is 3.33. The first-order valence-corrected chi connectivity index (χ1v) is 9.72. The molecule has 0 amide bonds. The van der Waals surface area contributed by atoms with E-state index in [0.29, 0.717) is 19.0 Å². The van der Waals surface area contributed by atoms with Crippen LogP contribution < -0.4 is 10.6 Å². The van der Waals surface area contributed by atoms with Gasteiger partial charge in [-0.25, -0.2) is 9.37 Å². The quantitative estimate of drug-likeness (QED) is 0.280. The standard InChI is InChI=1S/C20H21BrFN5.HI/c1-23-19(24-10-15-12-27-11-14(21)6-7-18(27)26-15)25-13-20(8-9-20)16-4-2-3-5-17(16)22;/h2-7,11-12H,8-10,13H2,1H3,(H2,23,24,25);1H. The Balaban J connectivity index is 0.00000225. The highest BCUT2D eigenvalue weighted by Crippen LogP contribution is 2.48. The van der Waals surface area contributed by atoms with Crippen LogP contribution in [0, 0.1) is 5.82 Å². The number of fused-ring (bicyclic) bond motifs is 1. The summed E-state index contributed by atoms with van der Waals surface area (Å²) in [5.41, 5.74) is 2.48. The molecule has 0 saturated heterocycles. The summed E-state index contributed by atoms with van der Waals surface area (Å²) in [5, 5.41) is 6.63. The fraction of sp³-hybridized carbons (Fsp3) is 0.300. The lowest BCUT2D eigenvalue weighted by Crippen LogP contribution is -2.41. The van der Waals surface area contributed by atoms with Crippen molar-refractivity contribution in [2.24, 2.45) is 4.99 Å². The molecule has 0 unspecified atom stereocenters. The lowest BCUT2D eigenvalue weighted by molar-refractivity contribution is 0.559. The van der Waals surface area contributed by atoms with Gasteiger partial charge in [0.25, 0.3) is 0 Å². The molecule has 1 fully saturated rings. The Morgan fingerprint density at radius 2 is 2.00 bits per heavy atom. The SMILES string of the molecule is CN=C(NCc1cn2cc(Br)ccc2n1)NCC1(c2ccccc2F)CC1.I. The first-order chi connectivity index (χ1) is 13.1. The predicted molar refractivity (Wildman–Crippen MR) is 124 cm³/mol. The molecule has 0 aliphatic heterocycles. The molecule has 3 aromatic rings. The van der Waals surface area contributed by atoms with E-state index in [2.05, 4.69) is 36.5 Å². The van der Waals surface area contributed by atoms with Crippen LogP contribution in [0.1, 0.15) is 24.1 Å². The van der Waals surface area contributed by atoms with Crippen LogP contribution in [-0.4, -0.2) is 28.9 Å². The molecule has 0 bridgehead atoms. The number of nitrogens with zero attached hydrogens (tertiary/aromatic N) is 3. The van der Waals surface area contributed by atoms with Crippen LogP contribution in [0.15, 0.2) is 58.3 Å². The van der Waals surface area contributed by atoms with Crippen molar-refractivity contribution in [3.05, 3.63) is 70.3 Å². The second-order valence-electron chi connectivity index (χ2n) is 6.88. The molecule has 1 aliphatic carbocycles. The zero-order chi connectivity index (χ0) is 18.9. The number of guanidine groups is 1. The molecule has 2 N–H and O–H groups in total. The third-order valence-electron chi connectivity index (χ3n) is 5.02. The number of hydrogen-bond acceptors (Lipinski definition) is 2. The summed E-state index contributed by atoms with van der Waals surface area (Å²) in [5.74, 6) is 0.562. The van der Waals surface area contributed by atoms with Crippen LogP contribution in [0.2, 0.25) is 0 Å². The van der Waals surface area contributed by atoms with Crippen molar-refractivity contribution in [2.75, 3.05) is 13.6 Å². The first kappa shape index (κ1) is 21.0. The van der Waals surface area contributed by atoms with E-state index in [1.54, 1.807) is 13.1 Å². The smallest absolute Gasteiger partial charge is 0.191 e. The summed E-state index contributed by atoms with van der Waals surface area (Å²) >= 11 is 3.46. The van der Waals surface area contributed by atoms with E-state index < -0.39 is 0 Å². The van der Waals surface area contributed by atoms with Crippen molar-refractivity contribution in [1.29, 1.82) is 0 Å². The maximum absolute atomic E-state index is 14.1. The summed E-state index contributed by atoms with van der Waals surface area (Å²) in [6, 6.07) is 11.0. The lowest BCUT2D eigenvalue weighted by Gasteiger charge is -2.19. The minimum atomic E-state index is -0.129. The van der Waals surface area contributed by atoms with Crippen molar-refractivity contribution in [2.45, 2.75) is 24.8 Å². The Hall–Kier alpha value is -1.68. The van der Waals surface area contributed by atoms with Crippen LogP contribution in [-0.2, 0) is 12.0 Å². The van der Waals surface area contributed by atoms with E-state index in [1.807, 2.05) is 41.1 Å². The second kappa shape index (κ2) is 8.77. The molecule has 0 atom stereocenters. The minimum absolute atomic E-state index is 0. The van der Waals surface area contributed by atoms with Gasteiger partial charge in [0.1, 0.15) is 11.5 Å². The van der Waals surface area contributed by atoms with Gasteiger partial charge < -0.3 is 15.0 Å². The third-order valence-corrected chi connectivity index (χ3v) is 5.49. The Morgan fingerprint density at radius 3 is 2.71 bits per heavy atom. The van der Waals surface area contributed by atoms with E-state index in [4.69, 9.17) is 0 Å². The summed E-state index contributed by atoms with van der Waals surface area (Å²) in [6.07, 6.45) is 5.94. The van der Waals surface area contributed by atoms with E-state index in [9.17, 15) is 4.39 Å². The maximum atomic E-state index is 14.1.